The molecule has 0 aliphatic carbocycles. The Kier molecular flexibility index (Phi) is 6.36. The Balaban J connectivity index is 1.82. The second-order valence-corrected chi connectivity index (χ2v) is 6.62. The van der Waals surface area contributed by atoms with Crippen molar-refractivity contribution in [3.8, 4) is 0 Å². The molecule has 0 radical (unpaired) electrons. The number of hydrogen-bond acceptors (Lipinski definition) is 3. The third-order valence-electron chi connectivity index (χ3n) is 4.03. The largest absolute Gasteiger partial charge is 0.618 e. The summed E-state index contributed by atoms with van der Waals surface area (Å²) in [5, 5.41) is 12.1. The standard InChI is InChI=1S/C16H24N2O2S/c1-2-6-14-7-5-10-17(12-9-14)15(19)13-21-16-8-3-4-11-18(16)20/h3-4,8,11,14H,2,5-7,9-10,12-13H2,1H3. The lowest BCUT2D eigenvalue weighted by Crippen LogP contribution is -2.34. The van der Waals surface area contributed by atoms with Gasteiger partial charge in [-0.3, -0.25) is 4.79 Å². The Bertz CT molecular complexity index is 467. The molecule has 2 rings (SSSR count). The summed E-state index contributed by atoms with van der Waals surface area (Å²) >= 11 is 1.33. The molecule has 116 valence electrons. The van der Waals surface area contributed by atoms with Crippen molar-refractivity contribution in [2.75, 3.05) is 18.8 Å². The fourth-order valence-corrected chi connectivity index (χ4v) is 3.68. The van der Waals surface area contributed by atoms with Crippen LogP contribution in [0.1, 0.15) is 39.0 Å². The summed E-state index contributed by atoms with van der Waals surface area (Å²) in [6.45, 7) is 3.96. The lowest BCUT2D eigenvalue weighted by molar-refractivity contribution is -0.645. The zero-order valence-electron chi connectivity index (χ0n) is 12.7. The molecule has 0 aromatic carbocycles. The van der Waals surface area contributed by atoms with Gasteiger partial charge in [-0.2, -0.15) is 4.73 Å². The van der Waals surface area contributed by atoms with E-state index in [1.807, 2.05) is 11.0 Å². The average molecular weight is 308 g/mol. The van der Waals surface area contributed by atoms with Crippen LogP contribution in [0.5, 0.6) is 0 Å². The van der Waals surface area contributed by atoms with Gasteiger partial charge in [0, 0.05) is 25.2 Å². The van der Waals surface area contributed by atoms with E-state index < -0.39 is 0 Å². The fourth-order valence-electron chi connectivity index (χ4n) is 2.86. The van der Waals surface area contributed by atoms with Gasteiger partial charge in [-0.25, -0.2) is 0 Å². The van der Waals surface area contributed by atoms with E-state index in [-0.39, 0.29) is 5.91 Å². The van der Waals surface area contributed by atoms with Crippen LogP contribution in [0.25, 0.3) is 0 Å². The highest BCUT2D eigenvalue weighted by molar-refractivity contribution is 7.99. The maximum absolute atomic E-state index is 12.3. The van der Waals surface area contributed by atoms with Crippen molar-refractivity contribution < 1.29 is 9.52 Å². The normalized spacial score (nSPS) is 19.3. The molecule has 0 spiro atoms. The number of likely N-dealkylation sites (tertiary alicyclic amines) is 1. The monoisotopic (exact) mass is 308 g/mol. The van der Waals surface area contributed by atoms with Crippen LogP contribution in [0, 0.1) is 11.1 Å². The number of pyridine rings is 1. The molecule has 1 aromatic rings. The van der Waals surface area contributed by atoms with E-state index in [1.165, 1.54) is 37.2 Å². The molecule has 1 aliphatic rings. The van der Waals surface area contributed by atoms with Gasteiger partial charge >= 0.3 is 0 Å². The minimum atomic E-state index is 0.154. The molecule has 5 heteroatoms. The third kappa shape index (κ3) is 4.92. The zero-order valence-corrected chi connectivity index (χ0v) is 13.5. The van der Waals surface area contributed by atoms with Crippen LogP contribution in [-0.4, -0.2) is 29.6 Å². The molecular weight excluding hydrogens is 284 g/mol. The van der Waals surface area contributed by atoms with Crippen LogP contribution >= 0.6 is 11.8 Å². The fraction of sp³-hybridized carbons (Fsp3) is 0.625. The minimum Gasteiger partial charge on any atom is -0.618 e. The number of carbonyl (C=O) groups is 1. The van der Waals surface area contributed by atoms with E-state index in [2.05, 4.69) is 6.92 Å². The van der Waals surface area contributed by atoms with Crippen LogP contribution in [0.3, 0.4) is 0 Å². The van der Waals surface area contributed by atoms with Crippen molar-refractivity contribution in [1.29, 1.82) is 0 Å². The summed E-state index contributed by atoms with van der Waals surface area (Å²) in [6.07, 6.45) is 7.44. The van der Waals surface area contributed by atoms with Gasteiger partial charge in [0.05, 0.1) is 5.75 Å². The van der Waals surface area contributed by atoms with Crippen LogP contribution < -0.4 is 4.73 Å². The highest BCUT2D eigenvalue weighted by Gasteiger charge is 2.21. The lowest BCUT2D eigenvalue weighted by Gasteiger charge is -2.20. The van der Waals surface area contributed by atoms with Gasteiger partial charge < -0.3 is 10.1 Å². The lowest BCUT2D eigenvalue weighted by atomic mass is 9.96. The van der Waals surface area contributed by atoms with Gasteiger partial charge in [0.2, 0.25) is 5.91 Å². The van der Waals surface area contributed by atoms with E-state index in [0.717, 1.165) is 36.6 Å². The number of thioether (sulfide) groups is 1. The Morgan fingerprint density at radius 2 is 2.29 bits per heavy atom. The molecule has 1 aromatic heterocycles. The van der Waals surface area contributed by atoms with E-state index in [0.29, 0.717) is 10.8 Å². The van der Waals surface area contributed by atoms with Crippen molar-refractivity contribution in [1.82, 2.24) is 4.90 Å². The van der Waals surface area contributed by atoms with Gasteiger partial charge in [-0.15, -0.1) is 0 Å². The van der Waals surface area contributed by atoms with Crippen LogP contribution in [0.4, 0.5) is 0 Å². The molecule has 4 nitrogen and oxygen atoms in total. The Morgan fingerprint density at radius 1 is 1.43 bits per heavy atom. The zero-order chi connectivity index (χ0) is 15.1. The van der Waals surface area contributed by atoms with E-state index in [4.69, 9.17) is 0 Å². The van der Waals surface area contributed by atoms with Crippen molar-refractivity contribution in [3.05, 3.63) is 29.6 Å². The highest BCUT2D eigenvalue weighted by Crippen LogP contribution is 2.22. The van der Waals surface area contributed by atoms with Gasteiger partial charge in [0.1, 0.15) is 0 Å². The van der Waals surface area contributed by atoms with Gasteiger partial charge in [0.15, 0.2) is 6.20 Å². The first-order valence-corrected chi connectivity index (χ1v) is 8.78. The summed E-state index contributed by atoms with van der Waals surface area (Å²) in [4.78, 5) is 14.3. The van der Waals surface area contributed by atoms with Gasteiger partial charge in [0.25, 0.3) is 5.03 Å². The van der Waals surface area contributed by atoms with E-state index in [1.54, 1.807) is 12.1 Å². The van der Waals surface area contributed by atoms with E-state index >= 15 is 0 Å². The molecular formula is C16H24N2O2S. The molecule has 0 bridgehead atoms. The molecule has 1 saturated heterocycles. The Morgan fingerprint density at radius 3 is 3.05 bits per heavy atom. The average Bonchev–Trinajstić information content (AvgIpc) is 2.72. The molecule has 1 unspecified atom stereocenters. The second-order valence-electron chi connectivity index (χ2n) is 5.62. The first-order chi connectivity index (χ1) is 10.2. The van der Waals surface area contributed by atoms with Crippen LogP contribution in [0.15, 0.2) is 29.4 Å². The molecule has 0 saturated carbocycles. The van der Waals surface area contributed by atoms with Crippen molar-refractivity contribution in [2.24, 2.45) is 5.92 Å². The Hall–Kier alpha value is -1.23. The molecule has 1 aliphatic heterocycles. The predicted molar refractivity (Wildman–Crippen MR) is 85.0 cm³/mol. The molecule has 1 fully saturated rings. The topological polar surface area (TPSA) is 47.2 Å². The van der Waals surface area contributed by atoms with E-state index in [9.17, 15) is 10.0 Å². The highest BCUT2D eigenvalue weighted by atomic mass is 32.2. The molecule has 1 atom stereocenters. The second kappa shape index (κ2) is 8.27. The van der Waals surface area contributed by atoms with Crippen molar-refractivity contribution in [3.63, 3.8) is 0 Å². The number of aromatic nitrogens is 1. The maximum Gasteiger partial charge on any atom is 0.251 e. The van der Waals surface area contributed by atoms with Gasteiger partial charge in [-0.05, 0) is 43.0 Å². The third-order valence-corrected chi connectivity index (χ3v) is 5.03. The smallest absolute Gasteiger partial charge is 0.251 e. The van der Waals surface area contributed by atoms with Gasteiger partial charge in [-0.1, -0.05) is 19.8 Å². The predicted octanol–water partition coefficient (Wildman–Crippen LogP) is 2.84. The summed E-state index contributed by atoms with van der Waals surface area (Å²) in [5.74, 6) is 1.28. The van der Waals surface area contributed by atoms with Crippen LogP contribution in [0.2, 0.25) is 0 Å². The number of carbonyl (C=O) groups excluding carboxylic acids is 1. The summed E-state index contributed by atoms with van der Waals surface area (Å²) < 4.78 is 0.817. The SMILES string of the molecule is CCCC1CCCN(C(=O)CSc2cccc[n+]2[O-])CC1. The first kappa shape index (κ1) is 16.1. The summed E-state index contributed by atoms with van der Waals surface area (Å²) in [5.41, 5.74) is 0. The number of amides is 1. The summed E-state index contributed by atoms with van der Waals surface area (Å²) in [7, 11) is 0. The summed E-state index contributed by atoms with van der Waals surface area (Å²) in [6, 6.07) is 5.27. The Labute approximate surface area is 131 Å². The van der Waals surface area contributed by atoms with Crippen molar-refractivity contribution in [2.45, 2.75) is 44.1 Å². The molecule has 0 N–H and O–H groups in total. The number of nitrogens with zero attached hydrogens (tertiary/aromatic N) is 2. The van der Waals surface area contributed by atoms with Crippen LogP contribution in [-0.2, 0) is 4.79 Å². The molecule has 1 amide bonds. The number of rotatable bonds is 5. The minimum absolute atomic E-state index is 0.154. The molecule has 2 heterocycles. The first-order valence-electron chi connectivity index (χ1n) is 7.79. The quantitative estimate of drug-likeness (QED) is 0.477. The van der Waals surface area contributed by atoms with Crippen molar-refractivity contribution >= 4 is 17.7 Å². The molecule has 21 heavy (non-hydrogen) atoms. The number of hydrogen-bond donors (Lipinski definition) is 0. The maximum atomic E-state index is 12.3.